The maximum Gasteiger partial charge on any atom is 0.00895 e. The summed E-state index contributed by atoms with van der Waals surface area (Å²) < 4.78 is 0. The van der Waals surface area contributed by atoms with E-state index in [9.17, 15) is 0 Å². The SMILES string of the molecule is CCCCC(C)C(CCC)NC. The third kappa shape index (κ3) is 4.76. The Balaban J connectivity index is 3.60. The Morgan fingerprint density at radius 2 is 1.75 bits per heavy atom. The average Bonchev–Trinajstić information content (AvgIpc) is 2.10. The highest BCUT2D eigenvalue weighted by atomic mass is 14.9. The first-order valence-electron chi connectivity index (χ1n) is 5.43. The highest BCUT2D eigenvalue weighted by molar-refractivity contribution is 4.70. The van der Waals surface area contributed by atoms with Crippen molar-refractivity contribution >= 4 is 0 Å². The van der Waals surface area contributed by atoms with Gasteiger partial charge >= 0.3 is 0 Å². The summed E-state index contributed by atoms with van der Waals surface area (Å²) in [6, 6.07) is 0.738. The molecule has 12 heavy (non-hydrogen) atoms. The number of rotatable bonds is 7. The van der Waals surface area contributed by atoms with Crippen LogP contribution in [0.3, 0.4) is 0 Å². The van der Waals surface area contributed by atoms with E-state index in [2.05, 4.69) is 33.1 Å². The molecule has 0 bridgehead atoms. The lowest BCUT2D eigenvalue weighted by molar-refractivity contribution is 0.348. The molecule has 0 aromatic rings. The van der Waals surface area contributed by atoms with E-state index in [1.165, 1.54) is 32.1 Å². The summed E-state index contributed by atoms with van der Waals surface area (Å²) in [6.07, 6.45) is 6.70. The average molecular weight is 171 g/mol. The van der Waals surface area contributed by atoms with Gasteiger partial charge in [0.1, 0.15) is 0 Å². The van der Waals surface area contributed by atoms with Crippen LogP contribution in [0.15, 0.2) is 0 Å². The van der Waals surface area contributed by atoms with Gasteiger partial charge in [-0.25, -0.2) is 0 Å². The van der Waals surface area contributed by atoms with Crippen LogP contribution in [0.1, 0.15) is 52.9 Å². The predicted octanol–water partition coefficient (Wildman–Crippen LogP) is 3.20. The molecule has 0 aliphatic carbocycles. The van der Waals surface area contributed by atoms with Crippen LogP contribution >= 0.6 is 0 Å². The fraction of sp³-hybridized carbons (Fsp3) is 1.00. The highest BCUT2D eigenvalue weighted by Gasteiger charge is 2.12. The van der Waals surface area contributed by atoms with Gasteiger partial charge in [-0.1, -0.05) is 40.0 Å². The van der Waals surface area contributed by atoms with Gasteiger partial charge in [-0.2, -0.15) is 0 Å². The lowest BCUT2D eigenvalue weighted by Gasteiger charge is -2.22. The molecule has 1 N–H and O–H groups in total. The predicted molar refractivity (Wildman–Crippen MR) is 56.4 cm³/mol. The quantitative estimate of drug-likeness (QED) is 0.620. The van der Waals surface area contributed by atoms with Crippen molar-refractivity contribution in [2.75, 3.05) is 7.05 Å². The Morgan fingerprint density at radius 1 is 1.08 bits per heavy atom. The molecule has 0 aliphatic heterocycles. The van der Waals surface area contributed by atoms with Crippen molar-refractivity contribution in [3.8, 4) is 0 Å². The maximum atomic E-state index is 3.41. The lowest BCUT2D eigenvalue weighted by atomic mass is 9.93. The molecular formula is C11H25N. The second-order valence-corrected chi connectivity index (χ2v) is 3.80. The number of unbranched alkanes of at least 4 members (excludes halogenated alkanes) is 1. The molecule has 0 aromatic heterocycles. The zero-order chi connectivity index (χ0) is 9.40. The zero-order valence-corrected chi connectivity index (χ0v) is 9.19. The third-order valence-electron chi connectivity index (χ3n) is 2.67. The summed E-state index contributed by atoms with van der Waals surface area (Å²) in [6.45, 7) is 6.89. The Morgan fingerprint density at radius 3 is 2.17 bits per heavy atom. The van der Waals surface area contributed by atoms with Crippen molar-refractivity contribution in [2.45, 2.75) is 58.9 Å². The van der Waals surface area contributed by atoms with Crippen molar-refractivity contribution in [1.82, 2.24) is 5.32 Å². The van der Waals surface area contributed by atoms with E-state index >= 15 is 0 Å². The Kier molecular flexibility index (Phi) is 7.58. The van der Waals surface area contributed by atoms with Crippen LogP contribution in [0.2, 0.25) is 0 Å². The van der Waals surface area contributed by atoms with Crippen molar-refractivity contribution in [1.29, 1.82) is 0 Å². The molecular weight excluding hydrogens is 146 g/mol. The molecule has 1 heteroatoms. The van der Waals surface area contributed by atoms with E-state index in [0.717, 1.165) is 12.0 Å². The molecule has 1 nitrogen and oxygen atoms in total. The molecule has 0 saturated carbocycles. The molecule has 2 unspecified atom stereocenters. The van der Waals surface area contributed by atoms with Gasteiger partial charge in [0.15, 0.2) is 0 Å². The van der Waals surface area contributed by atoms with E-state index in [4.69, 9.17) is 0 Å². The molecule has 0 spiro atoms. The summed E-state index contributed by atoms with van der Waals surface area (Å²) in [4.78, 5) is 0. The van der Waals surface area contributed by atoms with Gasteiger partial charge in [0.2, 0.25) is 0 Å². The Labute approximate surface area is 77.9 Å². The molecule has 2 atom stereocenters. The van der Waals surface area contributed by atoms with Crippen LogP contribution in [0.4, 0.5) is 0 Å². The van der Waals surface area contributed by atoms with Crippen LogP contribution in [0.5, 0.6) is 0 Å². The fourth-order valence-electron chi connectivity index (χ4n) is 1.75. The van der Waals surface area contributed by atoms with Gasteiger partial charge in [-0.05, 0) is 25.8 Å². The maximum absolute atomic E-state index is 3.41. The van der Waals surface area contributed by atoms with Crippen LogP contribution in [0, 0.1) is 5.92 Å². The van der Waals surface area contributed by atoms with Crippen LogP contribution in [0.25, 0.3) is 0 Å². The van der Waals surface area contributed by atoms with E-state index in [0.29, 0.717) is 0 Å². The number of hydrogen-bond acceptors (Lipinski definition) is 1. The monoisotopic (exact) mass is 171 g/mol. The largest absolute Gasteiger partial charge is 0.317 e. The van der Waals surface area contributed by atoms with Crippen LogP contribution in [-0.2, 0) is 0 Å². The van der Waals surface area contributed by atoms with E-state index in [1.807, 2.05) is 0 Å². The summed E-state index contributed by atoms with van der Waals surface area (Å²) in [5.74, 6) is 0.842. The van der Waals surface area contributed by atoms with Gasteiger partial charge in [0, 0.05) is 6.04 Å². The molecule has 74 valence electrons. The fourth-order valence-corrected chi connectivity index (χ4v) is 1.75. The van der Waals surface area contributed by atoms with E-state index in [-0.39, 0.29) is 0 Å². The van der Waals surface area contributed by atoms with Gasteiger partial charge in [-0.3, -0.25) is 0 Å². The minimum Gasteiger partial charge on any atom is -0.317 e. The molecule has 0 radical (unpaired) electrons. The van der Waals surface area contributed by atoms with Crippen molar-refractivity contribution in [3.05, 3.63) is 0 Å². The summed E-state index contributed by atoms with van der Waals surface area (Å²) in [7, 11) is 2.09. The summed E-state index contributed by atoms with van der Waals surface area (Å²) in [5, 5.41) is 3.41. The van der Waals surface area contributed by atoms with Gasteiger partial charge < -0.3 is 5.32 Å². The van der Waals surface area contributed by atoms with Gasteiger partial charge in [0.25, 0.3) is 0 Å². The molecule has 0 amide bonds. The normalized spacial score (nSPS) is 16.0. The molecule has 0 aromatic carbocycles. The highest BCUT2D eigenvalue weighted by Crippen LogP contribution is 2.15. The lowest BCUT2D eigenvalue weighted by Crippen LogP contribution is -2.31. The van der Waals surface area contributed by atoms with Crippen LogP contribution in [-0.4, -0.2) is 13.1 Å². The number of hydrogen-bond donors (Lipinski definition) is 1. The second-order valence-electron chi connectivity index (χ2n) is 3.80. The minimum absolute atomic E-state index is 0.738. The molecule has 0 saturated heterocycles. The topological polar surface area (TPSA) is 12.0 Å². The minimum atomic E-state index is 0.738. The number of nitrogens with one attached hydrogen (secondary N) is 1. The first-order chi connectivity index (χ1) is 5.76. The molecule has 0 heterocycles. The molecule has 0 aliphatic rings. The van der Waals surface area contributed by atoms with Crippen molar-refractivity contribution < 1.29 is 0 Å². The molecule has 0 fully saturated rings. The Hall–Kier alpha value is -0.0400. The van der Waals surface area contributed by atoms with E-state index in [1.54, 1.807) is 0 Å². The first-order valence-corrected chi connectivity index (χ1v) is 5.43. The summed E-state index contributed by atoms with van der Waals surface area (Å²) >= 11 is 0. The third-order valence-corrected chi connectivity index (χ3v) is 2.67. The standard InChI is InChI=1S/C11H25N/c1-5-7-9-10(3)11(12-4)8-6-2/h10-12H,5-9H2,1-4H3. The zero-order valence-electron chi connectivity index (χ0n) is 9.19. The smallest absolute Gasteiger partial charge is 0.00895 e. The van der Waals surface area contributed by atoms with Crippen molar-refractivity contribution in [2.24, 2.45) is 5.92 Å². The second kappa shape index (κ2) is 7.60. The molecule has 0 rings (SSSR count). The Bertz CT molecular complexity index is 91.0. The van der Waals surface area contributed by atoms with Crippen molar-refractivity contribution in [3.63, 3.8) is 0 Å². The summed E-state index contributed by atoms with van der Waals surface area (Å²) in [5.41, 5.74) is 0. The van der Waals surface area contributed by atoms with Crippen LogP contribution < -0.4 is 5.32 Å². The first kappa shape index (κ1) is 12.0. The van der Waals surface area contributed by atoms with Gasteiger partial charge in [0.05, 0.1) is 0 Å². The van der Waals surface area contributed by atoms with E-state index < -0.39 is 0 Å². The van der Waals surface area contributed by atoms with Gasteiger partial charge in [-0.15, -0.1) is 0 Å².